The van der Waals surface area contributed by atoms with Gasteiger partial charge in [-0.3, -0.25) is 9.59 Å². The zero-order valence-electron chi connectivity index (χ0n) is 21.6. The van der Waals surface area contributed by atoms with Crippen molar-refractivity contribution in [3.8, 4) is 0 Å². The second kappa shape index (κ2) is 10.4. The van der Waals surface area contributed by atoms with E-state index in [4.69, 9.17) is 16.2 Å². The van der Waals surface area contributed by atoms with E-state index in [-0.39, 0.29) is 23.2 Å². The van der Waals surface area contributed by atoms with E-state index in [9.17, 15) is 9.59 Å². The van der Waals surface area contributed by atoms with E-state index in [1.807, 2.05) is 72.8 Å². The molecule has 1 fully saturated rings. The molecule has 7 heteroatoms. The maximum atomic E-state index is 14.6. The molecule has 0 radical (unpaired) electrons. The van der Waals surface area contributed by atoms with Crippen LogP contribution in [-0.2, 0) is 4.74 Å². The monoisotopic (exact) mass is 528 g/mol. The molecule has 1 saturated heterocycles. The number of ether oxygens (including phenoxy) is 1. The summed E-state index contributed by atoms with van der Waals surface area (Å²) in [4.78, 5) is 29.1. The molecule has 0 aliphatic carbocycles. The van der Waals surface area contributed by atoms with Crippen LogP contribution in [0, 0.1) is 17.3 Å². The molecule has 2 aliphatic heterocycles. The molecule has 1 spiro atoms. The van der Waals surface area contributed by atoms with Gasteiger partial charge in [-0.25, -0.2) is 0 Å². The van der Waals surface area contributed by atoms with Crippen molar-refractivity contribution in [1.29, 1.82) is 0 Å². The van der Waals surface area contributed by atoms with Gasteiger partial charge >= 0.3 is 0 Å². The van der Waals surface area contributed by atoms with Crippen molar-refractivity contribution in [2.24, 2.45) is 38.9 Å². The van der Waals surface area contributed by atoms with Gasteiger partial charge in [-0.1, -0.05) is 121 Å². The van der Waals surface area contributed by atoms with Crippen LogP contribution in [0.4, 0.5) is 0 Å². The molecule has 4 atom stereocenters. The molecule has 4 unspecified atom stereocenters. The highest BCUT2D eigenvalue weighted by atomic mass is 16.5. The zero-order valence-corrected chi connectivity index (χ0v) is 21.6. The topological polar surface area (TPSA) is 120 Å². The number of rotatable bonds is 6. The first-order valence-electron chi connectivity index (χ1n) is 13.1. The third kappa shape index (κ3) is 4.03. The van der Waals surface area contributed by atoms with E-state index in [0.717, 1.165) is 11.1 Å². The molecule has 6 rings (SSSR count). The third-order valence-electron chi connectivity index (χ3n) is 7.93. The number of nitrogens with zero attached hydrogens (tertiary/aromatic N) is 2. The SMILES string of the molecule is NC1=NN=C(N)C12C(C(=O)c1ccccc1)C(c1ccccc1)OC(c1ccccc1)C2C(=O)c1ccccc1. The summed E-state index contributed by atoms with van der Waals surface area (Å²) in [6.45, 7) is 0. The Bertz CT molecular complexity index is 1470. The van der Waals surface area contributed by atoms with Crippen molar-refractivity contribution in [3.63, 3.8) is 0 Å². The lowest BCUT2D eigenvalue weighted by atomic mass is 9.55. The lowest BCUT2D eigenvalue weighted by Gasteiger charge is -2.52. The number of nitrogens with two attached hydrogens (primary N) is 2. The van der Waals surface area contributed by atoms with Crippen LogP contribution in [0.25, 0.3) is 0 Å². The Morgan fingerprint density at radius 2 is 0.875 bits per heavy atom. The van der Waals surface area contributed by atoms with Crippen molar-refractivity contribution < 1.29 is 14.3 Å². The van der Waals surface area contributed by atoms with Crippen molar-refractivity contribution >= 4 is 23.2 Å². The number of ketones is 2. The molecule has 7 nitrogen and oxygen atoms in total. The molecule has 198 valence electrons. The minimum Gasteiger partial charge on any atom is -0.385 e. The molecule has 4 aromatic carbocycles. The summed E-state index contributed by atoms with van der Waals surface area (Å²) in [7, 11) is 0. The number of carbonyl (C=O) groups is 2. The average Bonchev–Trinajstić information content (AvgIpc) is 3.30. The molecule has 2 heterocycles. The highest BCUT2D eigenvalue weighted by Gasteiger charge is 2.67. The van der Waals surface area contributed by atoms with Gasteiger partial charge in [-0.2, -0.15) is 0 Å². The molecule has 0 amide bonds. The number of hydrogen-bond acceptors (Lipinski definition) is 7. The normalized spacial score (nSPS) is 23.3. The van der Waals surface area contributed by atoms with Gasteiger partial charge in [0.15, 0.2) is 11.6 Å². The second-order valence-electron chi connectivity index (χ2n) is 10.1. The van der Waals surface area contributed by atoms with Gasteiger partial charge in [0.05, 0.1) is 24.0 Å². The van der Waals surface area contributed by atoms with Crippen molar-refractivity contribution in [2.75, 3.05) is 0 Å². The number of hydrogen-bond donors (Lipinski definition) is 2. The number of benzene rings is 4. The fourth-order valence-electron chi connectivity index (χ4n) is 6.11. The molecule has 2 aliphatic rings. The van der Waals surface area contributed by atoms with Crippen LogP contribution in [0.5, 0.6) is 0 Å². The lowest BCUT2D eigenvalue weighted by molar-refractivity contribution is -0.128. The second-order valence-corrected chi connectivity index (χ2v) is 10.1. The Morgan fingerprint density at radius 3 is 1.23 bits per heavy atom. The van der Waals surface area contributed by atoms with Gasteiger partial charge in [-0.15, -0.1) is 10.2 Å². The van der Waals surface area contributed by atoms with Crippen LogP contribution in [-0.4, -0.2) is 23.2 Å². The molecule has 4 N–H and O–H groups in total. The first-order chi connectivity index (χ1) is 19.5. The summed E-state index contributed by atoms with van der Waals surface area (Å²) >= 11 is 0. The molecule has 0 aromatic heterocycles. The van der Waals surface area contributed by atoms with Crippen LogP contribution in [0.3, 0.4) is 0 Å². The van der Waals surface area contributed by atoms with Gasteiger partial charge in [0.1, 0.15) is 17.1 Å². The largest absolute Gasteiger partial charge is 0.385 e. The Labute approximate surface area is 232 Å². The summed E-state index contributed by atoms with van der Waals surface area (Å²) in [6.07, 6.45) is -1.61. The number of carbonyl (C=O) groups excluding carboxylic acids is 2. The van der Waals surface area contributed by atoms with Crippen LogP contribution in [0.1, 0.15) is 44.1 Å². The Morgan fingerprint density at radius 1 is 0.550 bits per heavy atom. The maximum absolute atomic E-state index is 14.6. The predicted octanol–water partition coefficient (Wildman–Crippen LogP) is 5.13. The minimum absolute atomic E-state index is 0.0266. The quantitative estimate of drug-likeness (QED) is 0.336. The predicted molar refractivity (Wildman–Crippen MR) is 154 cm³/mol. The fraction of sp³-hybridized carbons (Fsp3) is 0.152. The number of Topliss-reactive ketones (excluding diaryl/α,β-unsaturated/α-hetero) is 2. The summed E-state index contributed by atoms with van der Waals surface area (Å²) in [5.74, 6) is -2.51. The summed E-state index contributed by atoms with van der Waals surface area (Å²) in [5, 5.41) is 8.40. The molecular formula is C33H28N4O3. The van der Waals surface area contributed by atoms with Crippen LogP contribution >= 0.6 is 0 Å². The molecule has 4 aromatic rings. The Balaban J connectivity index is 1.65. The first kappa shape index (κ1) is 25.4. The minimum atomic E-state index is -1.54. The first-order valence-corrected chi connectivity index (χ1v) is 13.1. The van der Waals surface area contributed by atoms with Crippen LogP contribution in [0.2, 0.25) is 0 Å². The summed E-state index contributed by atoms with van der Waals surface area (Å²) in [5.41, 5.74) is 14.3. The zero-order chi connectivity index (χ0) is 27.7. The van der Waals surface area contributed by atoms with Crippen molar-refractivity contribution in [1.82, 2.24) is 0 Å². The smallest absolute Gasteiger partial charge is 0.170 e. The Kier molecular flexibility index (Phi) is 6.58. The molecular weight excluding hydrogens is 500 g/mol. The van der Waals surface area contributed by atoms with Crippen molar-refractivity contribution in [2.45, 2.75) is 12.2 Å². The van der Waals surface area contributed by atoms with Crippen LogP contribution in [0.15, 0.2) is 132 Å². The number of amidine groups is 2. The van der Waals surface area contributed by atoms with Crippen molar-refractivity contribution in [3.05, 3.63) is 144 Å². The van der Waals surface area contributed by atoms with E-state index < -0.39 is 29.5 Å². The highest BCUT2D eigenvalue weighted by Crippen LogP contribution is 2.59. The van der Waals surface area contributed by atoms with Gasteiger partial charge in [0.2, 0.25) is 0 Å². The third-order valence-corrected chi connectivity index (χ3v) is 7.93. The summed E-state index contributed by atoms with van der Waals surface area (Å²) in [6, 6.07) is 36.8. The van der Waals surface area contributed by atoms with E-state index in [1.165, 1.54) is 0 Å². The molecule has 40 heavy (non-hydrogen) atoms. The fourth-order valence-corrected chi connectivity index (χ4v) is 6.11. The lowest BCUT2D eigenvalue weighted by Crippen LogP contribution is -2.64. The van der Waals surface area contributed by atoms with E-state index in [2.05, 4.69) is 10.2 Å². The van der Waals surface area contributed by atoms with E-state index in [0.29, 0.717) is 11.1 Å². The summed E-state index contributed by atoms with van der Waals surface area (Å²) < 4.78 is 6.89. The maximum Gasteiger partial charge on any atom is 0.170 e. The van der Waals surface area contributed by atoms with Gasteiger partial charge in [0.25, 0.3) is 0 Å². The van der Waals surface area contributed by atoms with E-state index in [1.54, 1.807) is 48.5 Å². The molecule has 0 saturated carbocycles. The standard InChI is InChI=1S/C33H28N4O3/c34-31-33(32(35)37-36-31)25(27(38)21-13-5-1-6-14-21)29(23-17-9-3-10-18-23)40-30(24-19-11-4-12-20-24)26(33)28(39)22-15-7-2-8-16-22/h1-20,25-26,29-30H,(H2,34,36)(H2,35,37). The highest BCUT2D eigenvalue weighted by molar-refractivity contribution is 6.20. The molecule has 0 bridgehead atoms. The average molecular weight is 529 g/mol. The Hall–Kier alpha value is -4.88. The van der Waals surface area contributed by atoms with E-state index >= 15 is 0 Å². The van der Waals surface area contributed by atoms with Gasteiger partial charge < -0.3 is 16.2 Å². The van der Waals surface area contributed by atoms with Gasteiger partial charge in [0, 0.05) is 11.1 Å². The van der Waals surface area contributed by atoms with Crippen LogP contribution < -0.4 is 11.5 Å². The van der Waals surface area contributed by atoms with Gasteiger partial charge in [-0.05, 0) is 11.1 Å².